The minimum Gasteiger partial charge on any atom is -0.480 e. The molecule has 6 heteroatoms. The van der Waals surface area contributed by atoms with E-state index in [1.807, 2.05) is 6.07 Å². The Kier molecular flexibility index (Phi) is 3.91. The first kappa shape index (κ1) is 14.4. The van der Waals surface area contributed by atoms with Crippen LogP contribution in [0.15, 0.2) is 30.3 Å². The molecule has 0 aromatic heterocycles. The van der Waals surface area contributed by atoms with Crippen molar-refractivity contribution in [2.45, 2.75) is 23.8 Å². The standard InChI is InChI=1S/C15H18N2O3S/c18-13(11-4-2-1-3-5-11)17-12(14(19)20)10-21-15(17)6-8-16-9-7-15/h1-5,12,16H,6-10H2,(H,19,20)/t12-/m0/s1. The number of nitrogens with one attached hydrogen (secondary N) is 1. The predicted octanol–water partition coefficient (Wildman–Crippen LogP) is 1.41. The lowest BCUT2D eigenvalue weighted by Crippen LogP contribution is -2.56. The number of hydrogen-bond donors (Lipinski definition) is 2. The molecule has 3 rings (SSSR count). The van der Waals surface area contributed by atoms with Crippen LogP contribution in [0.1, 0.15) is 23.2 Å². The topological polar surface area (TPSA) is 69.6 Å². The summed E-state index contributed by atoms with van der Waals surface area (Å²) in [5.74, 6) is -0.620. The largest absolute Gasteiger partial charge is 0.480 e. The molecule has 5 nitrogen and oxygen atoms in total. The number of thioether (sulfide) groups is 1. The van der Waals surface area contributed by atoms with Gasteiger partial charge in [0.15, 0.2) is 0 Å². The van der Waals surface area contributed by atoms with Gasteiger partial charge in [0.05, 0.1) is 4.87 Å². The highest BCUT2D eigenvalue weighted by Gasteiger charge is 2.52. The van der Waals surface area contributed by atoms with E-state index in [0.29, 0.717) is 11.3 Å². The summed E-state index contributed by atoms with van der Waals surface area (Å²) in [5.41, 5.74) is 0.559. The summed E-state index contributed by atoms with van der Waals surface area (Å²) < 4.78 is 0. The zero-order chi connectivity index (χ0) is 14.9. The fourth-order valence-corrected chi connectivity index (χ4v) is 4.69. The number of carboxylic acid groups (broad SMARTS) is 1. The molecule has 1 aromatic carbocycles. The molecule has 1 spiro atoms. The molecule has 0 bridgehead atoms. The van der Waals surface area contributed by atoms with Gasteiger partial charge < -0.3 is 15.3 Å². The van der Waals surface area contributed by atoms with Crippen molar-refractivity contribution in [3.63, 3.8) is 0 Å². The molecular weight excluding hydrogens is 288 g/mol. The molecule has 0 unspecified atom stereocenters. The smallest absolute Gasteiger partial charge is 0.327 e. The first-order chi connectivity index (χ1) is 10.1. The Balaban J connectivity index is 1.96. The molecule has 21 heavy (non-hydrogen) atoms. The zero-order valence-electron chi connectivity index (χ0n) is 11.6. The number of rotatable bonds is 2. The van der Waals surface area contributed by atoms with E-state index < -0.39 is 12.0 Å². The number of nitrogens with zero attached hydrogens (tertiary/aromatic N) is 1. The van der Waals surface area contributed by atoms with Crippen LogP contribution in [0.25, 0.3) is 0 Å². The molecule has 1 aromatic rings. The van der Waals surface area contributed by atoms with Gasteiger partial charge in [-0.15, -0.1) is 11.8 Å². The van der Waals surface area contributed by atoms with Crippen LogP contribution in [0, 0.1) is 0 Å². The van der Waals surface area contributed by atoms with Crippen molar-refractivity contribution < 1.29 is 14.7 Å². The average molecular weight is 306 g/mol. The van der Waals surface area contributed by atoms with Gasteiger partial charge >= 0.3 is 5.97 Å². The second-order valence-electron chi connectivity index (χ2n) is 5.40. The molecule has 1 atom stereocenters. The van der Waals surface area contributed by atoms with E-state index in [1.165, 1.54) is 0 Å². The first-order valence-corrected chi connectivity index (χ1v) is 8.09. The van der Waals surface area contributed by atoms with Gasteiger partial charge in [-0.3, -0.25) is 4.79 Å². The van der Waals surface area contributed by atoms with Crippen LogP contribution in [0.3, 0.4) is 0 Å². The fraction of sp³-hybridized carbons (Fsp3) is 0.467. The highest BCUT2D eigenvalue weighted by atomic mass is 32.2. The lowest BCUT2D eigenvalue weighted by Gasteiger charge is -2.42. The third-order valence-corrected chi connectivity index (χ3v) is 5.79. The van der Waals surface area contributed by atoms with Crippen molar-refractivity contribution in [2.24, 2.45) is 0 Å². The van der Waals surface area contributed by atoms with Gasteiger partial charge in [0, 0.05) is 11.3 Å². The minimum atomic E-state index is -0.915. The Hall–Kier alpha value is -1.53. The lowest BCUT2D eigenvalue weighted by atomic mass is 10.0. The predicted molar refractivity (Wildman–Crippen MR) is 81.3 cm³/mol. The Morgan fingerprint density at radius 2 is 1.90 bits per heavy atom. The van der Waals surface area contributed by atoms with Gasteiger partial charge in [-0.1, -0.05) is 18.2 Å². The maximum Gasteiger partial charge on any atom is 0.327 e. The van der Waals surface area contributed by atoms with Crippen molar-refractivity contribution in [3.05, 3.63) is 35.9 Å². The maximum absolute atomic E-state index is 12.9. The Bertz CT molecular complexity index is 543. The summed E-state index contributed by atoms with van der Waals surface area (Å²) in [5, 5.41) is 12.8. The van der Waals surface area contributed by atoms with Crippen molar-refractivity contribution in [2.75, 3.05) is 18.8 Å². The second-order valence-corrected chi connectivity index (χ2v) is 6.78. The van der Waals surface area contributed by atoms with Crippen LogP contribution in [-0.2, 0) is 4.79 Å². The number of piperidine rings is 1. The average Bonchev–Trinajstić information content (AvgIpc) is 2.87. The molecule has 2 aliphatic heterocycles. The van der Waals surface area contributed by atoms with Crippen LogP contribution in [0.5, 0.6) is 0 Å². The van der Waals surface area contributed by atoms with Gasteiger partial charge in [-0.25, -0.2) is 4.79 Å². The number of carbonyl (C=O) groups excluding carboxylic acids is 1. The molecular formula is C15H18N2O3S. The normalized spacial score (nSPS) is 24.2. The van der Waals surface area contributed by atoms with Crippen LogP contribution >= 0.6 is 11.8 Å². The van der Waals surface area contributed by atoms with Crippen LogP contribution in [0.2, 0.25) is 0 Å². The molecule has 112 valence electrons. The number of carbonyl (C=O) groups is 2. The molecule has 2 heterocycles. The highest BCUT2D eigenvalue weighted by Crippen LogP contribution is 2.46. The first-order valence-electron chi connectivity index (χ1n) is 7.10. The van der Waals surface area contributed by atoms with E-state index in [9.17, 15) is 14.7 Å². The van der Waals surface area contributed by atoms with E-state index in [-0.39, 0.29) is 10.8 Å². The summed E-state index contributed by atoms with van der Waals surface area (Å²) in [6.45, 7) is 1.63. The molecule has 0 saturated carbocycles. The Morgan fingerprint density at radius 1 is 1.24 bits per heavy atom. The van der Waals surface area contributed by atoms with Crippen molar-refractivity contribution >= 4 is 23.6 Å². The van der Waals surface area contributed by atoms with Gasteiger partial charge in [0.1, 0.15) is 6.04 Å². The monoisotopic (exact) mass is 306 g/mol. The van der Waals surface area contributed by atoms with Crippen LogP contribution in [0.4, 0.5) is 0 Å². The van der Waals surface area contributed by atoms with E-state index in [0.717, 1.165) is 25.9 Å². The Labute approximate surface area is 127 Å². The van der Waals surface area contributed by atoms with E-state index in [4.69, 9.17) is 0 Å². The summed E-state index contributed by atoms with van der Waals surface area (Å²) in [6, 6.07) is 8.23. The summed E-state index contributed by atoms with van der Waals surface area (Å²) in [7, 11) is 0. The van der Waals surface area contributed by atoms with Crippen molar-refractivity contribution in [3.8, 4) is 0 Å². The fourth-order valence-electron chi connectivity index (χ4n) is 3.09. The van der Waals surface area contributed by atoms with Crippen LogP contribution < -0.4 is 5.32 Å². The van der Waals surface area contributed by atoms with Crippen LogP contribution in [-0.4, -0.2) is 51.6 Å². The summed E-state index contributed by atoms with van der Waals surface area (Å²) >= 11 is 1.62. The van der Waals surface area contributed by atoms with Gasteiger partial charge in [0.25, 0.3) is 5.91 Å². The highest BCUT2D eigenvalue weighted by molar-refractivity contribution is 8.01. The molecule has 2 N–H and O–H groups in total. The molecule has 0 aliphatic carbocycles. The van der Waals surface area contributed by atoms with E-state index in [2.05, 4.69) is 5.32 Å². The number of benzene rings is 1. The molecule has 2 saturated heterocycles. The minimum absolute atomic E-state index is 0.171. The van der Waals surface area contributed by atoms with Crippen molar-refractivity contribution in [1.29, 1.82) is 0 Å². The van der Waals surface area contributed by atoms with Gasteiger partial charge in [0.2, 0.25) is 0 Å². The zero-order valence-corrected chi connectivity index (χ0v) is 12.4. The lowest BCUT2D eigenvalue weighted by molar-refractivity contribution is -0.142. The number of aliphatic carboxylic acids is 1. The van der Waals surface area contributed by atoms with Gasteiger partial charge in [-0.2, -0.15) is 0 Å². The van der Waals surface area contributed by atoms with Gasteiger partial charge in [-0.05, 0) is 38.1 Å². The summed E-state index contributed by atoms with van der Waals surface area (Å²) in [6.07, 6.45) is 1.58. The SMILES string of the molecule is O=C(O)[C@@H]1CSC2(CCNCC2)N1C(=O)c1ccccc1. The third kappa shape index (κ3) is 2.53. The number of hydrogen-bond acceptors (Lipinski definition) is 4. The quantitative estimate of drug-likeness (QED) is 0.864. The summed E-state index contributed by atoms with van der Waals surface area (Å²) in [4.78, 5) is 25.7. The number of carboxylic acids is 1. The maximum atomic E-state index is 12.9. The molecule has 2 fully saturated rings. The van der Waals surface area contributed by atoms with E-state index >= 15 is 0 Å². The third-order valence-electron chi connectivity index (χ3n) is 4.17. The van der Waals surface area contributed by atoms with E-state index in [1.54, 1.807) is 40.9 Å². The van der Waals surface area contributed by atoms with Crippen molar-refractivity contribution in [1.82, 2.24) is 10.2 Å². The molecule has 2 aliphatic rings. The molecule has 1 amide bonds. The second kappa shape index (κ2) is 5.69. The Morgan fingerprint density at radius 3 is 2.52 bits per heavy atom. The molecule has 0 radical (unpaired) electrons. The number of amides is 1.